The lowest BCUT2D eigenvalue weighted by molar-refractivity contribution is -0.653. The number of ether oxygens (including phenoxy) is 1. The molecule has 4 rings (SSSR count). The second-order valence-corrected chi connectivity index (χ2v) is 12.3. The number of carbonyl (C=O) groups is 1. The van der Waals surface area contributed by atoms with Crippen LogP contribution in [0.4, 0.5) is 16.2 Å². The van der Waals surface area contributed by atoms with Crippen molar-refractivity contribution >= 4 is 38.5 Å². The van der Waals surface area contributed by atoms with E-state index in [2.05, 4.69) is 22.5 Å². The highest BCUT2D eigenvalue weighted by Gasteiger charge is 2.37. The third kappa shape index (κ3) is 5.43. The Morgan fingerprint density at radius 1 is 1.20 bits per heavy atom. The van der Waals surface area contributed by atoms with Gasteiger partial charge in [-0.3, -0.25) is 0 Å². The second kappa shape index (κ2) is 9.16. The van der Waals surface area contributed by atoms with Crippen molar-refractivity contribution in [2.75, 3.05) is 5.73 Å². The zero-order valence-electron chi connectivity index (χ0n) is 20.6. The van der Waals surface area contributed by atoms with Crippen molar-refractivity contribution in [3.8, 4) is 0 Å². The first-order valence-electron chi connectivity index (χ1n) is 11.8. The number of nitrogens with one attached hydrogen (secondary N) is 1. The van der Waals surface area contributed by atoms with Gasteiger partial charge in [-0.2, -0.15) is 0 Å². The topological polar surface area (TPSA) is 133 Å². The number of amides is 1. The second-order valence-electron chi connectivity index (χ2n) is 10.5. The van der Waals surface area contributed by atoms with E-state index in [-0.39, 0.29) is 16.5 Å². The number of rotatable bonds is 5. The molecule has 1 saturated carbocycles. The molecule has 0 saturated heterocycles. The van der Waals surface area contributed by atoms with Gasteiger partial charge in [-0.15, -0.1) is 0 Å². The largest absolute Gasteiger partial charge is 0.444 e. The summed E-state index contributed by atoms with van der Waals surface area (Å²) in [4.78, 5) is 16.7. The molecule has 0 radical (unpaired) electrons. The van der Waals surface area contributed by atoms with Gasteiger partial charge in [0.2, 0.25) is 0 Å². The highest BCUT2D eigenvalue weighted by Crippen LogP contribution is 2.31. The minimum Gasteiger partial charge on any atom is -0.444 e. The van der Waals surface area contributed by atoms with Crippen molar-refractivity contribution in [2.45, 2.75) is 75.5 Å². The Labute approximate surface area is 206 Å². The van der Waals surface area contributed by atoms with Crippen molar-refractivity contribution < 1.29 is 23.3 Å². The van der Waals surface area contributed by atoms with Crippen molar-refractivity contribution in [1.29, 1.82) is 0 Å². The minimum absolute atomic E-state index is 0.0539. The van der Waals surface area contributed by atoms with Crippen LogP contribution >= 0.6 is 0 Å². The Bertz CT molecular complexity index is 1320. The molecule has 35 heavy (non-hydrogen) atoms. The molecule has 188 valence electrons. The number of hydrogen-bond acceptors (Lipinski definition) is 6. The highest BCUT2D eigenvalue weighted by atomic mass is 32.2. The first-order chi connectivity index (χ1) is 16.4. The molecule has 2 heterocycles. The van der Waals surface area contributed by atoms with Crippen molar-refractivity contribution in [2.24, 2.45) is 0 Å². The molecule has 0 aliphatic heterocycles. The summed E-state index contributed by atoms with van der Waals surface area (Å²) in [5.41, 5.74) is 7.27. The van der Waals surface area contributed by atoms with Gasteiger partial charge in [0.1, 0.15) is 11.3 Å². The van der Waals surface area contributed by atoms with E-state index >= 15 is 0 Å². The van der Waals surface area contributed by atoms with Gasteiger partial charge < -0.3 is 21.1 Å². The molecule has 5 N–H and O–H groups in total. The van der Waals surface area contributed by atoms with Gasteiger partial charge >= 0.3 is 6.09 Å². The molecule has 1 aromatic carbocycles. The summed E-state index contributed by atoms with van der Waals surface area (Å²) in [7, 11) is -3.78. The molecule has 10 heteroatoms. The van der Waals surface area contributed by atoms with Gasteiger partial charge in [-0.05, 0) is 58.7 Å². The molecule has 0 atom stereocenters. The number of anilines is 1. The Morgan fingerprint density at radius 2 is 1.86 bits per heavy atom. The molecule has 1 aliphatic carbocycles. The average Bonchev–Trinajstić information content (AvgIpc) is 3.22. The molecular weight excluding hydrogens is 466 g/mol. The Morgan fingerprint density at radius 3 is 2.49 bits per heavy atom. The minimum atomic E-state index is -3.78. The van der Waals surface area contributed by atoms with Gasteiger partial charge in [0.25, 0.3) is 10.0 Å². The summed E-state index contributed by atoms with van der Waals surface area (Å²) in [6.07, 6.45) is 5.97. The first kappa shape index (κ1) is 25.0. The molecule has 2 aromatic heterocycles. The molecule has 9 nitrogen and oxygen atoms in total. The molecule has 0 bridgehead atoms. The third-order valence-corrected chi connectivity index (χ3v) is 8.08. The highest BCUT2D eigenvalue weighted by molar-refractivity contribution is 7.90. The van der Waals surface area contributed by atoms with E-state index in [1.54, 1.807) is 36.4 Å². The molecule has 3 aromatic rings. The fraction of sp³-hybridized carbons (Fsp3) is 0.440. The van der Waals surface area contributed by atoms with Crippen molar-refractivity contribution in [3.63, 3.8) is 0 Å². The van der Waals surface area contributed by atoms with E-state index in [9.17, 15) is 13.2 Å². The standard InChI is InChI=1S/C25H33N5O4S/c1-24(2,3)34-23(31)28-17-10-13-25(4,14-11-17)29-21-19-12-15-30(22(19)27-16-20(21)26)35(32,33)18-8-6-5-7-9-18/h5-9,12,15-17H,10-11,13-14,26H2,1-4H3,(H,27,29)(H,28,31)/p+1. The van der Waals surface area contributed by atoms with E-state index in [0.29, 0.717) is 16.7 Å². The lowest BCUT2D eigenvalue weighted by Crippen LogP contribution is -2.92. The van der Waals surface area contributed by atoms with Crippen LogP contribution < -0.4 is 16.4 Å². The quantitative estimate of drug-likeness (QED) is 0.492. The summed E-state index contributed by atoms with van der Waals surface area (Å²) in [5.74, 6) is 0. The summed E-state index contributed by atoms with van der Waals surface area (Å²) >= 11 is 0. The van der Waals surface area contributed by atoms with E-state index in [1.807, 2.05) is 20.8 Å². The summed E-state index contributed by atoms with van der Waals surface area (Å²) < 4.78 is 33.0. The van der Waals surface area contributed by atoms with Gasteiger partial charge in [-0.25, -0.2) is 22.2 Å². The zero-order chi connectivity index (χ0) is 25.4. The van der Waals surface area contributed by atoms with Crippen LogP contribution in [0.3, 0.4) is 0 Å². The van der Waals surface area contributed by atoms with Crippen LogP contribution in [-0.4, -0.2) is 40.6 Å². The number of hydrogen-bond donors (Lipinski definition) is 3. The Kier molecular flexibility index (Phi) is 6.54. The van der Waals surface area contributed by atoms with Crippen LogP contribution in [-0.2, 0) is 14.8 Å². The number of pyridine rings is 1. The molecule has 1 fully saturated rings. The molecule has 1 amide bonds. The Hall–Kier alpha value is -3.11. The monoisotopic (exact) mass is 500 g/mol. The van der Waals surface area contributed by atoms with Gasteiger partial charge in [0.05, 0.1) is 22.0 Å². The molecular formula is C25H34N5O4S+. The number of nitrogen functional groups attached to an aromatic ring is 1. The number of aromatic nitrogens is 2. The maximum Gasteiger partial charge on any atom is 0.407 e. The number of quaternary nitrogens is 1. The van der Waals surface area contributed by atoms with E-state index in [0.717, 1.165) is 31.4 Å². The van der Waals surface area contributed by atoms with Crippen LogP contribution in [0.2, 0.25) is 0 Å². The van der Waals surface area contributed by atoms with Gasteiger partial charge in [0, 0.05) is 25.1 Å². The lowest BCUT2D eigenvalue weighted by Gasteiger charge is -2.36. The molecule has 1 aliphatic rings. The normalized spacial score (nSPS) is 21.1. The lowest BCUT2D eigenvalue weighted by atomic mass is 9.80. The van der Waals surface area contributed by atoms with Crippen LogP contribution in [0.5, 0.6) is 0 Å². The van der Waals surface area contributed by atoms with Crippen molar-refractivity contribution in [3.05, 3.63) is 48.8 Å². The van der Waals surface area contributed by atoms with Gasteiger partial charge in [-0.1, -0.05) is 18.2 Å². The third-order valence-electron chi connectivity index (χ3n) is 6.39. The average molecular weight is 501 g/mol. The zero-order valence-corrected chi connectivity index (χ0v) is 21.4. The fourth-order valence-corrected chi connectivity index (χ4v) is 5.87. The number of carbonyl (C=O) groups excluding carboxylic acids is 1. The number of benzene rings is 1. The maximum absolute atomic E-state index is 13.2. The number of alkyl carbamates (subject to hydrolysis) is 1. The van der Waals surface area contributed by atoms with Crippen LogP contribution in [0.15, 0.2) is 53.7 Å². The SMILES string of the molecule is CC1([NH2+]c2c(N)cnc3c2ccn3S(=O)(=O)c2ccccc2)CCC(NC(=O)OC(C)(C)C)CC1. The summed E-state index contributed by atoms with van der Waals surface area (Å²) in [5, 5.41) is 5.80. The summed E-state index contributed by atoms with van der Waals surface area (Å²) in [6, 6.07) is 10.1. The predicted octanol–water partition coefficient (Wildman–Crippen LogP) is 3.28. The molecule has 0 spiro atoms. The van der Waals surface area contributed by atoms with E-state index in [1.165, 1.54) is 16.4 Å². The summed E-state index contributed by atoms with van der Waals surface area (Å²) in [6.45, 7) is 7.70. The number of nitrogens with zero attached hydrogens (tertiary/aromatic N) is 2. The van der Waals surface area contributed by atoms with Gasteiger partial charge in [0.15, 0.2) is 11.3 Å². The number of fused-ring (bicyclic) bond motifs is 1. The Balaban J connectivity index is 1.53. The van der Waals surface area contributed by atoms with E-state index < -0.39 is 21.7 Å². The smallest absolute Gasteiger partial charge is 0.407 e. The first-order valence-corrected chi connectivity index (χ1v) is 13.2. The number of nitrogens with two attached hydrogens (primary N) is 2. The molecule has 0 unspecified atom stereocenters. The van der Waals surface area contributed by atoms with Crippen LogP contribution in [0, 0.1) is 0 Å². The fourth-order valence-electron chi connectivity index (χ4n) is 4.55. The maximum atomic E-state index is 13.2. The predicted molar refractivity (Wildman–Crippen MR) is 135 cm³/mol. The van der Waals surface area contributed by atoms with E-state index in [4.69, 9.17) is 10.5 Å². The van der Waals surface area contributed by atoms with Crippen molar-refractivity contribution in [1.82, 2.24) is 14.3 Å². The van der Waals surface area contributed by atoms with Crippen LogP contribution in [0.25, 0.3) is 11.0 Å². The van der Waals surface area contributed by atoms with Crippen LogP contribution in [0.1, 0.15) is 53.4 Å².